The first kappa shape index (κ1) is 16.1. The molecular weight excluding hydrogens is 258 g/mol. The normalized spacial score (nSPS) is 11.3. The number of carbonyl (C=O) groups is 1. The van der Waals surface area contributed by atoms with Crippen molar-refractivity contribution in [3.63, 3.8) is 0 Å². The molecular formula is C15H23NO2S. The molecule has 1 aromatic rings. The molecule has 1 rings (SSSR count). The Morgan fingerprint density at radius 1 is 1.26 bits per heavy atom. The van der Waals surface area contributed by atoms with Gasteiger partial charge < -0.3 is 10.4 Å². The highest BCUT2D eigenvalue weighted by Crippen LogP contribution is 2.19. The Morgan fingerprint density at radius 3 is 2.42 bits per heavy atom. The van der Waals surface area contributed by atoms with Gasteiger partial charge in [-0.1, -0.05) is 32.0 Å². The number of rotatable bonds is 8. The lowest BCUT2D eigenvalue weighted by Crippen LogP contribution is -2.50. The molecule has 1 aromatic carbocycles. The number of carbonyl (C=O) groups excluding carboxylic acids is 1. The van der Waals surface area contributed by atoms with Gasteiger partial charge in [-0.15, -0.1) is 11.8 Å². The number of hydrogen-bond acceptors (Lipinski definition) is 3. The summed E-state index contributed by atoms with van der Waals surface area (Å²) in [6, 6.07) is 10.0. The lowest BCUT2D eigenvalue weighted by Gasteiger charge is -2.30. The topological polar surface area (TPSA) is 49.3 Å². The molecule has 2 N–H and O–H groups in total. The van der Waals surface area contributed by atoms with E-state index in [1.165, 1.54) is 4.90 Å². The maximum Gasteiger partial charge on any atom is 0.221 e. The van der Waals surface area contributed by atoms with E-state index in [9.17, 15) is 9.90 Å². The van der Waals surface area contributed by atoms with Crippen LogP contribution in [-0.2, 0) is 4.79 Å². The van der Waals surface area contributed by atoms with Crippen molar-refractivity contribution in [1.29, 1.82) is 0 Å². The number of nitrogens with one attached hydrogen (secondary N) is 1. The van der Waals surface area contributed by atoms with E-state index >= 15 is 0 Å². The molecule has 0 bridgehead atoms. The average Bonchev–Trinajstić information content (AvgIpc) is 2.46. The van der Waals surface area contributed by atoms with Gasteiger partial charge in [0.05, 0.1) is 12.1 Å². The summed E-state index contributed by atoms with van der Waals surface area (Å²) in [6.07, 6.45) is 1.97. The number of amides is 1. The van der Waals surface area contributed by atoms with E-state index in [4.69, 9.17) is 0 Å². The van der Waals surface area contributed by atoms with E-state index in [1.807, 2.05) is 44.2 Å². The summed E-state index contributed by atoms with van der Waals surface area (Å²) in [7, 11) is 0. The Kier molecular flexibility index (Phi) is 6.95. The van der Waals surface area contributed by atoms with Gasteiger partial charge in [0, 0.05) is 17.1 Å². The van der Waals surface area contributed by atoms with Gasteiger partial charge in [-0.25, -0.2) is 0 Å². The van der Waals surface area contributed by atoms with E-state index in [-0.39, 0.29) is 12.5 Å². The SMILES string of the molecule is CCC(CC)(CO)NC(=O)CCSc1ccccc1. The number of thioether (sulfide) groups is 1. The van der Waals surface area contributed by atoms with Crippen LogP contribution in [0.1, 0.15) is 33.1 Å². The molecule has 0 spiro atoms. The monoisotopic (exact) mass is 281 g/mol. The summed E-state index contributed by atoms with van der Waals surface area (Å²) < 4.78 is 0. The zero-order valence-corrected chi connectivity index (χ0v) is 12.5. The molecule has 0 atom stereocenters. The Hall–Kier alpha value is -1.00. The highest BCUT2D eigenvalue weighted by atomic mass is 32.2. The lowest BCUT2D eigenvalue weighted by atomic mass is 9.94. The molecule has 0 heterocycles. The average molecular weight is 281 g/mol. The van der Waals surface area contributed by atoms with Gasteiger partial charge in [-0.3, -0.25) is 4.79 Å². The van der Waals surface area contributed by atoms with Crippen molar-refractivity contribution in [1.82, 2.24) is 5.32 Å². The van der Waals surface area contributed by atoms with Gasteiger partial charge in [0.25, 0.3) is 0 Å². The van der Waals surface area contributed by atoms with E-state index in [0.29, 0.717) is 6.42 Å². The van der Waals surface area contributed by atoms with Crippen molar-refractivity contribution >= 4 is 17.7 Å². The zero-order valence-electron chi connectivity index (χ0n) is 11.7. The molecule has 3 nitrogen and oxygen atoms in total. The molecule has 1 amide bonds. The van der Waals surface area contributed by atoms with Gasteiger partial charge in [-0.2, -0.15) is 0 Å². The fraction of sp³-hybridized carbons (Fsp3) is 0.533. The van der Waals surface area contributed by atoms with Crippen LogP contribution in [0.25, 0.3) is 0 Å². The van der Waals surface area contributed by atoms with Gasteiger partial charge >= 0.3 is 0 Å². The summed E-state index contributed by atoms with van der Waals surface area (Å²) in [6.45, 7) is 3.97. The van der Waals surface area contributed by atoms with Gasteiger partial charge in [0.2, 0.25) is 5.91 Å². The molecule has 4 heteroatoms. The first-order valence-electron chi connectivity index (χ1n) is 6.75. The van der Waals surface area contributed by atoms with E-state index in [2.05, 4.69) is 5.32 Å². The molecule has 0 fully saturated rings. The summed E-state index contributed by atoms with van der Waals surface area (Å²) in [5, 5.41) is 12.4. The lowest BCUT2D eigenvalue weighted by molar-refractivity contribution is -0.123. The predicted octanol–water partition coefficient (Wildman–Crippen LogP) is 2.84. The van der Waals surface area contributed by atoms with Crippen molar-refractivity contribution < 1.29 is 9.90 Å². The fourth-order valence-corrected chi connectivity index (χ4v) is 2.70. The van der Waals surface area contributed by atoms with Crippen LogP contribution < -0.4 is 5.32 Å². The van der Waals surface area contributed by atoms with Crippen molar-refractivity contribution in [2.24, 2.45) is 0 Å². The number of aliphatic hydroxyl groups is 1. The number of aliphatic hydroxyl groups excluding tert-OH is 1. The minimum Gasteiger partial charge on any atom is -0.394 e. The maximum absolute atomic E-state index is 11.9. The minimum atomic E-state index is -0.450. The van der Waals surface area contributed by atoms with Gasteiger partial charge in [0.15, 0.2) is 0 Å². The van der Waals surface area contributed by atoms with E-state index in [1.54, 1.807) is 11.8 Å². The van der Waals surface area contributed by atoms with Crippen LogP contribution in [0.2, 0.25) is 0 Å². The molecule has 0 radical (unpaired) electrons. The highest BCUT2D eigenvalue weighted by molar-refractivity contribution is 7.99. The largest absolute Gasteiger partial charge is 0.394 e. The zero-order chi connectivity index (χ0) is 14.1. The Morgan fingerprint density at radius 2 is 1.89 bits per heavy atom. The second-order valence-corrected chi connectivity index (χ2v) is 5.77. The van der Waals surface area contributed by atoms with E-state index < -0.39 is 5.54 Å². The van der Waals surface area contributed by atoms with E-state index in [0.717, 1.165) is 18.6 Å². The molecule has 0 aliphatic heterocycles. The fourth-order valence-electron chi connectivity index (χ4n) is 1.83. The summed E-state index contributed by atoms with van der Waals surface area (Å²) >= 11 is 1.67. The first-order valence-corrected chi connectivity index (χ1v) is 7.74. The quantitative estimate of drug-likeness (QED) is 0.720. The molecule has 0 aromatic heterocycles. The van der Waals surface area contributed by atoms with Crippen LogP contribution in [0.3, 0.4) is 0 Å². The molecule has 0 unspecified atom stereocenters. The van der Waals surface area contributed by atoms with Crippen molar-refractivity contribution in [2.45, 2.75) is 43.5 Å². The first-order chi connectivity index (χ1) is 9.15. The number of hydrogen-bond donors (Lipinski definition) is 2. The highest BCUT2D eigenvalue weighted by Gasteiger charge is 2.26. The standard InChI is InChI=1S/C15H23NO2S/c1-3-15(4-2,12-17)16-14(18)10-11-19-13-8-6-5-7-9-13/h5-9,17H,3-4,10-12H2,1-2H3,(H,16,18). The molecule has 19 heavy (non-hydrogen) atoms. The van der Waals surface area contributed by atoms with Crippen LogP contribution in [0.15, 0.2) is 35.2 Å². The Labute approximate surface area is 119 Å². The molecule has 0 saturated carbocycles. The Balaban J connectivity index is 2.35. The Bertz CT molecular complexity index is 369. The predicted molar refractivity (Wildman–Crippen MR) is 80.3 cm³/mol. The summed E-state index contributed by atoms with van der Waals surface area (Å²) in [5.74, 6) is 0.770. The molecule has 0 aliphatic carbocycles. The van der Waals surface area contributed by atoms with Crippen LogP contribution in [0, 0.1) is 0 Å². The summed E-state index contributed by atoms with van der Waals surface area (Å²) in [5.41, 5.74) is -0.450. The van der Waals surface area contributed by atoms with Gasteiger partial charge in [-0.05, 0) is 25.0 Å². The number of benzene rings is 1. The third kappa shape index (κ3) is 5.25. The molecule has 0 saturated heterocycles. The van der Waals surface area contributed by atoms with Crippen LogP contribution >= 0.6 is 11.8 Å². The van der Waals surface area contributed by atoms with Crippen LogP contribution in [0.4, 0.5) is 0 Å². The smallest absolute Gasteiger partial charge is 0.221 e. The van der Waals surface area contributed by atoms with Crippen molar-refractivity contribution in [2.75, 3.05) is 12.4 Å². The summed E-state index contributed by atoms with van der Waals surface area (Å²) in [4.78, 5) is 13.1. The molecule has 0 aliphatic rings. The second-order valence-electron chi connectivity index (χ2n) is 4.61. The third-order valence-corrected chi connectivity index (χ3v) is 4.42. The van der Waals surface area contributed by atoms with Gasteiger partial charge in [0.1, 0.15) is 0 Å². The maximum atomic E-state index is 11.9. The van der Waals surface area contributed by atoms with Crippen LogP contribution in [0.5, 0.6) is 0 Å². The molecule has 106 valence electrons. The van der Waals surface area contributed by atoms with Crippen LogP contribution in [-0.4, -0.2) is 28.9 Å². The second kappa shape index (κ2) is 8.23. The third-order valence-electron chi connectivity index (χ3n) is 3.40. The van der Waals surface area contributed by atoms with Crippen molar-refractivity contribution in [3.8, 4) is 0 Å². The van der Waals surface area contributed by atoms with Crippen molar-refractivity contribution in [3.05, 3.63) is 30.3 Å². The minimum absolute atomic E-state index is 0.00241.